The second kappa shape index (κ2) is 6.94. The third-order valence-corrected chi connectivity index (χ3v) is 4.92. The molecule has 0 fully saturated rings. The summed E-state index contributed by atoms with van der Waals surface area (Å²) in [6.45, 7) is 0.847. The first kappa shape index (κ1) is 16.4. The SMILES string of the molecule is O=S(=O)(NCc1ccc(Cn2ccnc2)cc1)c1cccc(F)c1. The van der Waals surface area contributed by atoms with E-state index < -0.39 is 15.8 Å². The van der Waals surface area contributed by atoms with E-state index in [4.69, 9.17) is 0 Å². The minimum atomic E-state index is -3.73. The van der Waals surface area contributed by atoms with E-state index in [1.54, 1.807) is 12.5 Å². The van der Waals surface area contributed by atoms with Crippen molar-refractivity contribution in [2.45, 2.75) is 18.0 Å². The second-order valence-corrected chi connectivity index (χ2v) is 7.10. The van der Waals surface area contributed by atoms with Crippen LogP contribution in [0.15, 0.2) is 72.1 Å². The smallest absolute Gasteiger partial charge is 0.240 e. The maximum Gasteiger partial charge on any atom is 0.240 e. The number of nitrogens with one attached hydrogen (secondary N) is 1. The van der Waals surface area contributed by atoms with Gasteiger partial charge >= 0.3 is 0 Å². The highest BCUT2D eigenvalue weighted by atomic mass is 32.2. The van der Waals surface area contributed by atoms with Crippen LogP contribution in [-0.2, 0) is 23.1 Å². The maximum absolute atomic E-state index is 13.2. The molecule has 124 valence electrons. The molecule has 24 heavy (non-hydrogen) atoms. The molecule has 0 saturated carbocycles. The summed E-state index contributed by atoms with van der Waals surface area (Å²) in [6.07, 6.45) is 5.33. The van der Waals surface area contributed by atoms with Gasteiger partial charge in [-0.25, -0.2) is 22.5 Å². The van der Waals surface area contributed by atoms with Crippen LogP contribution in [0.25, 0.3) is 0 Å². The first-order valence-corrected chi connectivity index (χ1v) is 8.80. The maximum atomic E-state index is 13.2. The summed E-state index contributed by atoms with van der Waals surface area (Å²) in [7, 11) is -3.73. The van der Waals surface area contributed by atoms with Crippen LogP contribution in [0.5, 0.6) is 0 Å². The molecule has 0 radical (unpaired) electrons. The first-order valence-electron chi connectivity index (χ1n) is 7.32. The lowest BCUT2D eigenvalue weighted by atomic mass is 10.1. The molecule has 1 N–H and O–H groups in total. The molecule has 1 aromatic heterocycles. The zero-order valence-electron chi connectivity index (χ0n) is 12.8. The summed E-state index contributed by atoms with van der Waals surface area (Å²) in [5, 5.41) is 0. The Morgan fingerprint density at radius 2 is 1.83 bits per heavy atom. The van der Waals surface area contributed by atoms with Gasteiger partial charge in [-0.2, -0.15) is 0 Å². The van der Waals surface area contributed by atoms with Crippen LogP contribution in [0.4, 0.5) is 4.39 Å². The van der Waals surface area contributed by atoms with Crippen LogP contribution in [0, 0.1) is 5.82 Å². The average molecular weight is 345 g/mol. The van der Waals surface area contributed by atoms with Gasteiger partial charge in [0.25, 0.3) is 0 Å². The lowest BCUT2D eigenvalue weighted by molar-refractivity contribution is 0.577. The van der Waals surface area contributed by atoms with E-state index in [1.807, 2.05) is 35.0 Å². The second-order valence-electron chi connectivity index (χ2n) is 5.33. The van der Waals surface area contributed by atoms with Crippen LogP contribution >= 0.6 is 0 Å². The minimum absolute atomic E-state index is 0.0840. The summed E-state index contributed by atoms with van der Waals surface area (Å²) in [5.41, 5.74) is 1.91. The highest BCUT2D eigenvalue weighted by molar-refractivity contribution is 7.89. The van der Waals surface area contributed by atoms with Gasteiger partial charge in [0.05, 0.1) is 11.2 Å². The number of hydrogen-bond acceptors (Lipinski definition) is 3. The predicted octanol–water partition coefficient (Wildman–Crippen LogP) is 2.55. The molecule has 7 heteroatoms. The number of rotatable bonds is 6. The van der Waals surface area contributed by atoms with Gasteiger partial charge in [0.1, 0.15) is 5.82 Å². The topological polar surface area (TPSA) is 64.0 Å². The van der Waals surface area contributed by atoms with Gasteiger partial charge < -0.3 is 4.57 Å². The number of benzene rings is 2. The van der Waals surface area contributed by atoms with Crippen molar-refractivity contribution in [3.63, 3.8) is 0 Å². The van der Waals surface area contributed by atoms with Gasteiger partial charge in [0.2, 0.25) is 10.0 Å². The van der Waals surface area contributed by atoms with Gasteiger partial charge in [-0.1, -0.05) is 30.3 Å². The van der Waals surface area contributed by atoms with Crippen molar-refractivity contribution >= 4 is 10.0 Å². The molecule has 2 aromatic carbocycles. The Morgan fingerprint density at radius 3 is 2.50 bits per heavy atom. The normalized spacial score (nSPS) is 11.5. The number of halogens is 1. The van der Waals surface area contributed by atoms with E-state index in [0.29, 0.717) is 6.54 Å². The zero-order valence-corrected chi connectivity index (χ0v) is 13.6. The number of aromatic nitrogens is 2. The summed E-state index contributed by atoms with van der Waals surface area (Å²) >= 11 is 0. The van der Waals surface area contributed by atoms with Gasteiger partial charge in [0, 0.05) is 25.5 Å². The molecular formula is C17H16FN3O2S. The fraction of sp³-hybridized carbons (Fsp3) is 0.118. The average Bonchev–Trinajstić information content (AvgIpc) is 3.07. The number of sulfonamides is 1. The van der Waals surface area contributed by atoms with Crippen LogP contribution in [-0.4, -0.2) is 18.0 Å². The molecule has 1 heterocycles. The fourth-order valence-corrected chi connectivity index (χ4v) is 3.30. The van der Waals surface area contributed by atoms with E-state index in [1.165, 1.54) is 18.2 Å². The molecule has 5 nitrogen and oxygen atoms in total. The lowest BCUT2D eigenvalue weighted by Gasteiger charge is -2.08. The number of hydrogen-bond donors (Lipinski definition) is 1. The molecule has 0 aliphatic carbocycles. The Kier molecular flexibility index (Phi) is 4.73. The summed E-state index contributed by atoms with van der Waals surface area (Å²) in [5.74, 6) is -0.582. The van der Waals surface area contributed by atoms with E-state index in [2.05, 4.69) is 9.71 Å². The Labute approximate surface area is 139 Å². The van der Waals surface area contributed by atoms with E-state index in [9.17, 15) is 12.8 Å². The van der Waals surface area contributed by atoms with Crippen molar-refractivity contribution in [2.24, 2.45) is 0 Å². The highest BCUT2D eigenvalue weighted by Gasteiger charge is 2.14. The monoisotopic (exact) mass is 345 g/mol. The summed E-state index contributed by atoms with van der Waals surface area (Å²) in [4.78, 5) is 3.90. The summed E-state index contributed by atoms with van der Waals surface area (Å²) in [6, 6.07) is 12.5. The third kappa shape index (κ3) is 4.06. The molecule has 0 amide bonds. The van der Waals surface area contributed by atoms with Crippen LogP contribution in [0.1, 0.15) is 11.1 Å². The van der Waals surface area contributed by atoms with Gasteiger partial charge in [-0.15, -0.1) is 0 Å². The Bertz CT molecular complexity index is 907. The molecule has 3 rings (SSSR count). The number of nitrogens with zero attached hydrogens (tertiary/aromatic N) is 2. The molecule has 3 aromatic rings. The van der Waals surface area contributed by atoms with E-state index >= 15 is 0 Å². The molecule has 0 spiro atoms. The van der Waals surface area contributed by atoms with Crippen LogP contribution in [0.3, 0.4) is 0 Å². The van der Waals surface area contributed by atoms with Crippen LogP contribution in [0.2, 0.25) is 0 Å². The van der Waals surface area contributed by atoms with E-state index in [-0.39, 0.29) is 11.4 Å². The molecule has 0 bridgehead atoms. The first-order chi connectivity index (χ1) is 11.5. The molecule has 0 saturated heterocycles. The van der Waals surface area contributed by atoms with Crippen molar-refractivity contribution in [1.29, 1.82) is 0 Å². The van der Waals surface area contributed by atoms with Crippen molar-refractivity contribution in [3.05, 3.63) is 84.2 Å². The lowest BCUT2D eigenvalue weighted by Crippen LogP contribution is -2.23. The Morgan fingerprint density at radius 1 is 1.08 bits per heavy atom. The van der Waals surface area contributed by atoms with Gasteiger partial charge in [-0.05, 0) is 29.3 Å². The Balaban J connectivity index is 1.64. The summed E-state index contributed by atoms with van der Waals surface area (Å²) < 4.78 is 41.9. The van der Waals surface area contributed by atoms with Crippen molar-refractivity contribution in [2.75, 3.05) is 0 Å². The predicted molar refractivity (Wildman–Crippen MR) is 88.2 cm³/mol. The van der Waals surface area contributed by atoms with Gasteiger partial charge in [-0.3, -0.25) is 0 Å². The van der Waals surface area contributed by atoms with Crippen molar-refractivity contribution in [1.82, 2.24) is 14.3 Å². The standard InChI is InChI=1S/C17H16FN3O2S/c18-16-2-1-3-17(10-16)24(22,23)20-11-14-4-6-15(7-5-14)12-21-9-8-19-13-21/h1-10,13,20H,11-12H2. The molecule has 0 aliphatic heterocycles. The van der Waals surface area contributed by atoms with Gasteiger partial charge in [0.15, 0.2) is 0 Å². The minimum Gasteiger partial charge on any atom is -0.333 e. The number of imidazole rings is 1. The van der Waals surface area contributed by atoms with Crippen molar-refractivity contribution < 1.29 is 12.8 Å². The fourth-order valence-electron chi connectivity index (χ4n) is 2.25. The largest absolute Gasteiger partial charge is 0.333 e. The molecule has 0 unspecified atom stereocenters. The van der Waals surface area contributed by atoms with E-state index in [0.717, 1.165) is 17.2 Å². The highest BCUT2D eigenvalue weighted by Crippen LogP contribution is 2.12. The van der Waals surface area contributed by atoms with Crippen LogP contribution < -0.4 is 4.72 Å². The third-order valence-electron chi connectivity index (χ3n) is 3.52. The zero-order chi connectivity index (χ0) is 17.0. The van der Waals surface area contributed by atoms with Crippen molar-refractivity contribution in [3.8, 4) is 0 Å². The molecule has 0 atom stereocenters. The molecule has 0 aliphatic rings. The molecular weight excluding hydrogens is 329 g/mol. The Hall–Kier alpha value is -2.51. The quantitative estimate of drug-likeness (QED) is 0.747.